The molecule has 98 valence electrons. The summed E-state index contributed by atoms with van der Waals surface area (Å²) < 4.78 is 0. The molecule has 0 spiro atoms. The van der Waals surface area contributed by atoms with Gasteiger partial charge in [0.2, 0.25) is 5.91 Å². The molecule has 1 aliphatic heterocycles. The van der Waals surface area contributed by atoms with Crippen molar-refractivity contribution >= 4 is 11.6 Å². The van der Waals surface area contributed by atoms with E-state index in [2.05, 4.69) is 31.3 Å². The summed E-state index contributed by atoms with van der Waals surface area (Å²) in [4.78, 5) is 13.4. The Labute approximate surface area is 108 Å². The molecular weight excluding hydrogens is 226 g/mol. The fourth-order valence-electron chi connectivity index (χ4n) is 2.38. The van der Waals surface area contributed by atoms with Crippen LogP contribution in [0.25, 0.3) is 0 Å². The van der Waals surface area contributed by atoms with Gasteiger partial charge in [0.1, 0.15) is 0 Å². The number of hydrogen-bond donors (Lipinski definition) is 2. The fourth-order valence-corrected chi connectivity index (χ4v) is 2.38. The lowest BCUT2D eigenvalue weighted by atomic mass is 9.83. The van der Waals surface area contributed by atoms with Crippen LogP contribution in [-0.2, 0) is 16.6 Å². The molecule has 18 heavy (non-hydrogen) atoms. The Hall–Kier alpha value is -1.39. The van der Waals surface area contributed by atoms with Gasteiger partial charge in [0.05, 0.1) is 6.42 Å². The lowest BCUT2D eigenvalue weighted by Crippen LogP contribution is -2.36. The van der Waals surface area contributed by atoms with Gasteiger partial charge in [-0.25, -0.2) is 0 Å². The van der Waals surface area contributed by atoms with Gasteiger partial charge in [-0.2, -0.15) is 0 Å². The zero-order valence-electron chi connectivity index (χ0n) is 11.3. The number of carbonyl (C=O) groups is 1. The SMILES string of the molecule is CN1C(=O)Cc2cc(C(C)(C)CNCN)ccc21. The van der Waals surface area contributed by atoms with Crippen molar-refractivity contribution in [2.45, 2.75) is 25.7 Å². The molecule has 0 radical (unpaired) electrons. The monoisotopic (exact) mass is 247 g/mol. The van der Waals surface area contributed by atoms with E-state index in [1.165, 1.54) is 5.56 Å². The minimum atomic E-state index is 0.0125. The molecule has 2 rings (SSSR count). The number of fused-ring (bicyclic) bond motifs is 1. The van der Waals surface area contributed by atoms with Gasteiger partial charge in [-0.15, -0.1) is 0 Å². The minimum Gasteiger partial charge on any atom is -0.318 e. The summed E-state index contributed by atoms with van der Waals surface area (Å²) in [6.45, 7) is 5.66. The molecule has 1 amide bonds. The smallest absolute Gasteiger partial charge is 0.231 e. The van der Waals surface area contributed by atoms with Crippen molar-refractivity contribution in [3.63, 3.8) is 0 Å². The number of nitrogens with one attached hydrogen (secondary N) is 1. The highest BCUT2D eigenvalue weighted by molar-refractivity contribution is 6.00. The van der Waals surface area contributed by atoms with Crippen molar-refractivity contribution in [3.8, 4) is 0 Å². The average molecular weight is 247 g/mol. The Morgan fingerprint density at radius 2 is 2.17 bits per heavy atom. The molecule has 0 unspecified atom stereocenters. The van der Waals surface area contributed by atoms with Crippen LogP contribution in [0.15, 0.2) is 18.2 Å². The van der Waals surface area contributed by atoms with Crippen LogP contribution in [0.4, 0.5) is 5.69 Å². The Kier molecular flexibility index (Phi) is 3.41. The maximum Gasteiger partial charge on any atom is 0.231 e. The van der Waals surface area contributed by atoms with Gasteiger partial charge in [-0.05, 0) is 17.2 Å². The van der Waals surface area contributed by atoms with E-state index in [1.54, 1.807) is 4.90 Å². The Morgan fingerprint density at radius 1 is 1.44 bits per heavy atom. The topological polar surface area (TPSA) is 58.4 Å². The van der Waals surface area contributed by atoms with Gasteiger partial charge < -0.3 is 16.0 Å². The van der Waals surface area contributed by atoms with E-state index in [4.69, 9.17) is 5.73 Å². The third-order valence-corrected chi connectivity index (χ3v) is 3.65. The van der Waals surface area contributed by atoms with Gasteiger partial charge in [-0.3, -0.25) is 4.79 Å². The molecule has 4 heteroatoms. The zero-order valence-corrected chi connectivity index (χ0v) is 11.3. The minimum absolute atomic E-state index is 0.0125. The normalized spacial score (nSPS) is 15.1. The van der Waals surface area contributed by atoms with Crippen molar-refractivity contribution in [1.29, 1.82) is 0 Å². The standard InChI is InChI=1S/C14H21N3O/c1-14(2,8-16-9-15)11-4-5-12-10(6-11)7-13(18)17(12)3/h4-6,16H,7-9,15H2,1-3H3. The summed E-state index contributed by atoms with van der Waals surface area (Å²) in [5.74, 6) is 0.167. The van der Waals surface area contributed by atoms with Crippen molar-refractivity contribution in [1.82, 2.24) is 5.32 Å². The third kappa shape index (κ3) is 2.26. The van der Waals surface area contributed by atoms with Crippen LogP contribution in [0.3, 0.4) is 0 Å². The number of likely N-dealkylation sites (N-methyl/N-ethyl adjacent to an activating group) is 1. The van der Waals surface area contributed by atoms with Crippen LogP contribution in [0, 0.1) is 0 Å². The lowest BCUT2D eigenvalue weighted by molar-refractivity contribution is -0.117. The first-order valence-corrected chi connectivity index (χ1v) is 6.26. The molecule has 0 atom stereocenters. The maximum absolute atomic E-state index is 11.7. The Balaban J connectivity index is 2.28. The highest BCUT2D eigenvalue weighted by atomic mass is 16.2. The van der Waals surface area contributed by atoms with Crippen LogP contribution >= 0.6 is 0 Å². The number of anilines is 1. The molecule has 3 N–H and O–H groups in total. The fraction of sp³-hybridized carbons (Fsp3) is 0.500. The molecule has 0 aromatic heterocycles. The molecule has 0 fully saturated rings. The summed E-state index contributed by atoms with van der Waals surface area (Å²) in [5.41, 5.74) is 8.89. The Bertz CT molecular complexity index is 468. The van der Waals surface area contributed by atoms with Crippen LogP contribution in [-0.4, -0.2) is 26.2 Å². The second kappa shape index (κ2) is 4.71. The number of carbonyl (C=O) groups excluding carboxylic acids is 1. The maximum atomic E-state index is 11.7. The van der Waals surface area contributed by atoms with E-state index in [0.717, 1.165) is 17.8 Å². The summed E-state index contributed by atoms with van der Waals surface area (Å²) in [6.07, 6.45) is 0.514. The number of nitrogens with zero attached hydrogens (tertiary/aromatic N) is 1. The summed E-state index contributed by atoms with van der Waals surface area (Å²) in [7, 11) is 1.83. The second-order valence-corrected chi connectivity index (χ2v) is 5.49. The molecule has 1 aromatic rings. The van der Waals surface area contributed by atoms with Gasteiger partial charge in [0.15, 0.2) is 0 Å². The predicted octanol–water partition coefficient (Wildman–Crippen LogP) is 0.989. The lowest BCUT2D eigenvalue weighted by Gasteiger charge is -2.26. The highest BCUT2D eigenvalue weighted by Gasteiger charge is 2.27. The molecular formula is C14H21N3O. The average Bonchev–Trinajstić information content (AvgIpc) is 2.62. The van der Waals surface area contributed by atoms with Crippen LogP contribution in [0.2, 0.25) is 0 Å². The zero-order chi connectivity index (χ0) is 13.3. The summed E-state index contributed by atoms with van der Waals surface area (Å²) in [5, 5.41) is 3.17. The molecule has 0 aliphatic carbocycles. The first-order chi connectivity index (χ1) is 8.45. The van der Waals surface area contributed by atoms with E-state index in [9.17, 15) is 4.79 Å². The van der Waals surface area contributed by atoms with Crippen LogP contribution in [0.1, 0.15) is 25.0 Å². The van der Waals surface area contributed by atoms with Gasteiger partial charge >= 0.3 is 0 Å². The number of amides is 1. The number of hydrogen-bond acceptors (Lipinski definition) is 3. The van der Waals surface area contributed by atoms with E-state index in [0.29, 0.717) is 13.1 Å². The molecule has 1 heterocycles. The number of benzene rings is 1. The van der Waals surface area contributed by atoms with E-state index in [1.807, 2.05) is 13.1 Å². The first-order valence-electron chi connectivity index (χ1n) is 6.26. The number of rotatable bonds is 4. The summed E-state index contributed by atoms with van der Waals surface area (Å²) >= 11 is 0. The molecule has 0 saturated heterocycles. The van der Waals surface area contributed by atoms with Gasteiger partial charge in [0, 0.05) is 31.4 Å². The van der Waals surface area contributed by atoms with E-state index >= 15 is 0 Å². The van der Waals surface area contributed by atoms with Crippen LogP contribution in [0.5, 0.6) is 0 Å². The Morgan fingerprint density at radius 3 is 2.83 bits per heavy atom. The van der Waals surface area contributed by atoms with E-state index in [-0.39, 0.29) is 11.3 Å². The van der Waals surface area contributed by atoms with Crippen molar-refractivity contribution < 1.29 is 4.79 Å². The molecule has 1 aromatic carbocycles. The van der Waals surface area contributed by atoms with Crippen molar-refractivity contribution in [3.05, 3.63) is 29.3 Å². The van der Waals surface area contributed by atoms with Crippen molar-refractivity contribution in [2.24, 2.45) is 5.73 Å². The first kappa shape index (κ1) is 13.1. The van der Waals surface area contributed by atoms with Gasteiger partial charge in [0.25, 0.3) is 0 Å². The molecule has 0 saturated carbocycles. The molecule has 1 aliphatic rings. The molecule has 4 nitrogen and oxygen atoms in total. The quantitative estimate of drug-likeness (QED) is 0.780. The highest BCUT2D eigenvalue weighted by Crippen LogP contribution is 2.32. The van der Waals surface area contributed by atoms with Crippen LogP contribution < -0.4 is 16.0 Å². The van der Waals surface area contributed by atoms with Gasteiger partial charge in [-0.1, -0.05) is 26.0 Å². The predicted molar refractivity (Wildman–Crippen MR) is 73.6 cm³/mol. The van der Waals surface area contributed by atoms with E-state index < -0.39 is 0 Å². The van der Waals surface area contributed by atoms with Crippen molar-refractivity contribution in [2.75, 3.05) is 25.2 Å². The number of nitrogens with two attached hydrogens (primary N) is 1. The second-order valence-electron chi connectivity index (χ2n) is 5.49. The third-order valence-electron chi connectivity index (χ3n) is 3.65. The largest absolute Gasteiger partial charge is 0.318 e. The summed E-state index contributed by atoms with van der Waals surface area (Å²) in [6, 6.07) is 6.29. The molecule has 0 bridgehead atoms.